The SMILES string of the molecule is C[C@H](O)[C@@H]1C[C@@H](OC(F)(F)F)CN1C(=O)OC(C)(C)C. The maximum atomic E-state index is 12.2. The third-order valence-corrected chi connectivity index (χ3v) is 2.79. The summed E-state index contributed by atoms with van der Waals surface area (Å²) in [5.41, 5.74) is -0.761. The highest BCUT2D eigenvalue weighted by atomic mass is 19.4. The first-order valence-corrected chi connectivity index (χ1v) is 6.31. The fourth-order valence-electron chi connectivity index (χ4n) is 2.09. The summed E-state index contributed by atoms with van der Waals surface area (Å²) in [7, 11) is 0. The first-order chi connectivity index (χ1) is 8.89. The van der Waals surface area contributed by atoms with Gasteiger partial charge in [-0.3, -0.25) is 9.64 Å². The van der Waals surface area contributed by atoms with Crippen LogP contribution in [0, 0.1) is 0 Å². The number of carbonyl (C=O) groups excluding carboxylic acids is 1. The van der Waals surface area contributed by atoms with Gasteiger partial charge in [0.2, 0.25) is 0 Å². The lowest BCUT2D eigenvalue weighted by molar-refractivity contribution is -0.340. The van der Waals surface area contributed by atoms with Crippen LogP contribution in [0.5, 0.6) is 0 Å². The molecular formula is C12H20F3NO4. The molecule has 8 heteroatoms. The van der Waals surface area contributed by atoms with Crippen molar-refractivity contribution < 1.29 is 32.5 Å². The van der Waals surface area contributed by atoms with Crippen molar-refractivity contribution in [3.8, 4) is 0 Å². The van der Waals surface area contributed by atoms with Crippen LogP contribution in [0.2, 0.25) is 0 Å². The Bertz CT molecular complexity index is 352. The molecule has 0 aliphatic carbocycles. The molecule has 1 heterocycles. The van der Waals surface area contributed by atoms with Crippen molar-refractivity contribution in [2.45, 2.75) is 64.3 Å². The van der Waals surface area contributed by atoms with Crippen LogP contribution in [0.15, 0.2) is 0 Å². The summed E-state index contributed by atoms with van der Waals surface area (Å²) in [6, 6.07) is -0.753. The van der Waals surface area contributed by atoms with E-state index in [1.165, 1.54) is 6.92 Å². The summed E-state index contributed by atoms with van der Waals surface area (Å²) in [4.78, 5) is 13.0. The number of aliphatic hydroxyl groups is 1. The number of likely N-dealkylation sites (tertiary alicyclic amines) is 1. The zero-order valence-electron chi connectivity index (χ0n) is 11.9. The van der Waals surface area contributed by atoms with E-state index in [2.05, 4.69) is 4.74 Å². The number of alkyl halides is 3. The Labute approximate surface area is 115 Å². The fourth-order valence-corrected chi connectivity index (χ4v) is 2.09. The Morgan fingerprint density at radius 1 is 1.35 bits per heavy atom. The number of hydrogen-bond donors (Lipinski definition) is 1. The minimum Gasteiger partial charge on any atom is -0.444 e. The van der Waals surface area contributed by atoms with E-state index in [9.17, 15) is 23.1 Å². The minimum absolute atomic E-state index is 0.0869. The number of nitrogens with zero attached hydrogens (tertiary/aromatic N) is 1. The van der Waals surface area contributed by atoms with Crippen molar-refractivity contribution in [3.05, 3.63) is 0 Å². The summed E-state index contributed by atoms with van der Waals surface area (Å²) < 4.78 is 45.7. The Balaban J connectivity index is 2.75. The van der Waals surface area contributed by atoms with Crippen LogP contribution in [0.4, 0.5) is 18.0 Å². The lowest BCUT2D eigenvalue weighted by Crippen LogP contribution is -2.44. The Morgan fingerprint density at radius 2 is 1.90 bits per heavy atom. The van der Waals surface area contributed by atoms with E-state index < -0.39 is 36.3 Å². The van der Waals surface area contributed by atoms with Gasteiger partial charge in [-0.1, -0.05) is 0 Å². The fraction of sp³-hybridized carbons (Fsp3) is 0.917. The maximum Gasteiger partial charge on any atom is 0.522 e. The number of carbonyl (C=O) groups is 1. The molecule has 1 N–H and O–H groups in total. The van der Waals surface area contributed by atoms with Crippen molar-refractivity contribution in [1.29, 1.82) is 0 Å². The van der Waals surface area contributed by atoms with Crippen LogP contribution in [0.1, 0.15) is 34.1 Å². The van der Waals surface area contributed by atoms with Crippen LogP contribution >= 0.6 is 0 Å². The molecule has 0 unspecified atom stereocenters. The van der Waals surface area contributed by atoms with Gasteiger partial charge in [0.1, 0.15) is 5.60 Å². The van der Waals surface area contributed by atoms with Crippen molar-refractivity contribution >= 4 is 6.09 Å². The van der Waals surface area contributed by atoms with E-state index in [-0.39, 0.29) is 13.0 Å². The minimum atomic E-state index is -4.77. The smallest absolute Gasteiger partial charge is 0.444 e. The molecule has 1 aliphatic heterocycles. The molecule has 5 nitrogen and oxygen atoms in total. The number of ether oxygens (including phenoxy) is 2. The summed E-state index contributed by atoms with van der Waals surface area (Å²) in [6.07, 6.45) is -7.77. The van der Waals surface area contributed by atoms with Gasteiger partial charge in [0.05, 0.1) is 24.8 Å². The first-order valence-electron chi connectivity index (χ1n) is 6.31. The summed E-state index contributed by atoms with van der Waals surface area (Å²) in [5.74, 6) is 0. The highest BCUT2D eigenvalue weighted by Gasteiger charge is 2.44. The zero-order chi connectivity index (χ0) is 15.7. The first kappa shape index (κ1) is 17.0. The molecule has 1 aliphatic rings. The lowest BCUT2D eigenvalue weighted by Gasteiger charge is -2.29. The van der Waals surface area contributed by atoms with Gasteiger partial charge < -0.3 is 9.84 Å². The number of hydrogen-bond acceptors (Lipinski definition) is 4. The summed E-state index contributed by atoms with van der Waals surface area (Å²) in [6.45, 7) is 6.12. The van der Waals surface area contributed by atoms with Crippen molar-refractivity contribution in [1.82, 2.24) is 4.90 Å². The second-order valence-corrected chi connectivity index (χ2v) is 5.86. The van der Waals surface area contributed by atoms with Crippen molar-refractivity contribution in [2.24, 2.45) is 0 Å². The Kier molecular flexibility index (Phi) is 4.91. The van der Waals surface area contributed by atoms with E-state index >= 15 is 0 Å². The van der Waals surface area contributed by atoms with Gasteiger partial charge in [-0.25, -0.2) is 4.79 Å². The lowest BCUT2D eigenvalue weighted by atomic mass is 10.1. The topological polar surface area (TPSA) is 59.0 Å². The van der Waals surface area contributed by atoms with Crippen LogP contribution < -0.4 is 0 Å². The predicted octanol–water partition coefficient (Wildman–Crippen LogP) is 2.28. The molecule has 0 saturated carbocycles. The predicted molar refractivity (Wildman–Crippen MR) is 64.0 cm³/mol. The third-order valence-electron chi connectivity index (χ3n) is 2.79. The van der Waals surface area contributed by atoms with Gasteiger partial charge in [-0.2, -0.15) is 0 Å². The molecular weight excluding hydrogens is 279 g/mol. The molecule has 0 aromatic heterocycles. The molecule has 118 valence electrons. The van der Waals surface area contributed by atoms with E-state index in [0.717, 1.165) is 4.90 Å². The van der Waals surface area contributed by atoms with Crippen molar-refractivity contribution in [2.75, 3.05) is 6.54 Å². The van der Waals surface area contributed by atoms with Gasteiger partial charge in [0.15, 0.2) is 0 Å². The van der Waals surface area contributed by atoms with Gasteiger partial charge in [0, 0.05) is 0 Å². The molecule has 1 amide bonds. The van der Waals surface area contributed by atoms with E-state index in [1.807, 2.05) is 0 Å². The highest BCUT2D eigenvalue weighted by molar-refractivity contribution is 5.69. The van der Waals surface area contributed by atoms with Crippen LogP contribution in [-0.4, -0.2) is 52.9 Å². The Morgan fingerprint density at radius 3 is 2.30 bits per heavy atom. The maximum absolute atomic E-state index is 12.2. The molecule has 1 fully saturated rings. The van der Waals surface area contributed by atoms with Gasteiger partial charge in [-0.05, 0) is 34.1 Å². The molecule has 0 spiro atoms. The average molecular weight is 299 g/mol. The standard InChI is InChI=1S/C12H20F3NO4/c1-7(17)9-5-8(19-12(13,14)15)6-16(9)10(18)20-11(2,3)4/h7-9,17H,5-6H2,1-4H3/t7-,8+,9-/m0/s1. The molecule has 1 saturated heterocycles. The number of rotatable bonds is 2. The monoisotopic (exact) mass is 299 g/mol. The largest absolute Gasteiger partial charge is 0.522 e. The molecule has 0 aromatic rings. The second kappa shape index (κ2) is 5.77. The number of aliphatic hydroxyl groups excluding tert-OH is 1. The molecule has 1 rings (SSSR count). The van der Waals surface area contributed by atoms with Gasteiger partial charge in [-0.15, -0.1) is 13.2 Å². The van der Waals surface area contributed by atoms with Crippen LogP contribution in [0.25, 0.3) is 0 Å². The van der Waals surface area contributed by atoms with Crippen LogP contribution in [0.3, 0.4) is 0 Å². The van der Waals surface area contributed by atoms with E-state index in [0.29, 0.717) is 0 Å². The highest BCUT2D eigenvalue weighted by Crippen LogP contribution is 2.29. The molecule has 20 heavy (non-hydrogen) atoms. The molecule has 3 atom stereocenters. The summed E-state index contributed by atoms with van der Waals surface area (Å²) in [5, 5.41) is 9.60. The number of amides is 1. The van der Waals surface area contributed by atoms with E-state index in [1.54, 1.807) is 20.8 Å². The average Bonchev–Trinajstić information content (AvgIpc) is 2.56. The van der Waals surface area contributed by atoms with Gasteiger partial charge >= 0.3 is 12.5 Å². The number of halogens is 3. The normalized spacial score (nSPS) is 25.7. The third kappa shape index (κ3) is 5.16. The van der Waals surface area contributed by atoms with Crippen molar-refractivity contribution in [3.63, 3.8) is 0 Å². The second-order valence-electron chi connectivity index (χ2n) is 5.86. The molecule has 0 aromatic carbocycles. The van der Waals surface area contributed by atoms with Crippen LogP contribution in [-0.2, 0) is 9.47 Å². The molecule has 0 radical (unpaired) electrons. The molecule has 0 bridgehead atoms. The zero-order valence-corrected chi connectivity index (χ0v) is 11.9. The summed E-state index contributed by atoms with van der Waals surface area (Å²) >= 11 is 0. The Hall–Kier alpha value is -1.02. The van der Waals surface area contributed by atoms with E-state index in [4.69, 9.17) is 4.74 Å². The quantitative estimate of drug-likeness (QED) is 0.850. The van der Waals surface area contributed by atoms with Gasteiger partial charge in [0.25, 0.3) is 0 Å².